The van der Waals surface area contributed by atoms with Crippen LogP contribution in [0.1, 0.15) is 18.1 Å². The summed E-state index contributed by atoms with van der Waals surface area (Å²) >= 11 is 0. The molecule has 1 rings (SSSR count). The van der Waals surface area contributed by atoms with E-state index in [2.05, 4.69) is 0 Å². The van der Waals surface area contributed by atoms with Gasteiger partial charge < -0.3 is 10.8 Å². The first-order chi connectivity index (χ1) is 6.03. The lowest BCUT2D eigenvalue weighted by Gasteiger charge is -2.20. The zero-order valence-corrected chi connectivity index (χ0v) is 8.25. The van der Waals surface area contributed by atoms with Crippen molar-refractivity contribution < 1.29 is 5.11 Å². The van der Waals surface area contributed by atoms with E-state index in [4.69, 9.17) is 5.73 Å². The molecule has 1 aromatic rings. The van der Waals surface area contributed by atoms with Gasteiger partial charge in [-0.2, -0.15) is 0 Å². The average Bonchev–Trinajstić information content (AvgIpc) is 2.09. The molecule has 0 amide bonds. The lowest BCUT2D eigenvalue weighted by Crippen LogP contribution is -2.36. The van der Waals surface area contributed by atoms with Gasteiger partial charge in [0.1, 0.15) is 0 Å². The molecular formula is C11H17NO. The fourth-order valence-electron chi connectivity index (χ4n) is 1.22. The number of aryl methyl sites for hydroxylation is 1. The van der Waals surface area contributed by atoms with Gasteiger partial charge in [0.25, 0.3) is 0 Å². The zero-order valence-electron chi connectivity index (χ0n) is 8.25. The molecule has 1 atom stereocenters. The molecular weight excluding hydrogens is 162 g/mol. The number of hydrogen-bond acceptors (Lipinski definition) is 2. The number of hydrogen-bond donors (Lipinski definition) is 2. The first kappa shape index (κ1) is 10.2. The molecule has 0 saturated heterocycles. The third kappa shape index (κ3) is 3.17. The highest BCUT2D eigenvalue weighted by molar-refractivity contribution is 5.22. The summed E-state index contributed by atoms with van der Waals surface area (Å²) in [6.07, 6.45) is 0.615. The minimum atomic E-state index is -0.782. The second-order valence-corrected chi connectivity index (χ2v) is 3.86. The molecule has 0 fully saturated rings. The molecule has 1 aromatic carbocycles. The minimum absolute atomic E-state index is 0.293. The Balaban J connectivity index is 2.69. The van der Waals surface area contributed by atoms with Crippen molar-refractivity contribution in [1.82, 2.24) is 0 Å². The summed E-state index contributed by atoms with van der Waals surface area (Å²) in [7, 11) is 0. The van der Waals surface area contributed by atoms with E-state index >= 15 is 0 Å². The summed E-state index contributed by atoms with van der Waals surface area (Å²) in [6.45, 7) is 4.10. The van der Waals surface area contributed by atoms with Crippen molar-refractivity contribution in [2.45, 2.75) is 25.9 Å². The first-order valence-corrected chi connectivity index (χ1v) is 4.51. The van der Waals surface area contributed by atoms with E-state index in [1.807, 2.05) is 31.2 Å². The first-order valence-electron chi connectivity index (χ1n) is 4.51. The number of aliphatic hydroxyl groups is 1. The lowest BCUT2D eigenvalue weighted by atomic mass is 9.96. The van der Waals surface area contributed by atoms with Crippen molar-refractivity contribution in [2.24, 2.45) is 5.73 Å². The van der Waals surface area contributed by atoms with Gasteiger partial charge in [-0.1, -0.05) is 29.8 Å². The van der Waals surface area contributed by atoms with Crippen LogP contribution in [-0.2, 0) is 6.42 Å². The number of rotatable bonds is 3. The molecule has 0 heterocycles. The molecule has 0 bridgehead atoms. The molecule has 72 valence electrons. The van der Waals surface area contributed by atoms with Crippen molar-refractivity contribution in [3.8, 4) is 0 Å². The van der Waals surface area contributed by atoms with Gasteiger partial charge in [-0.15, -0.1) is 0 Å². The Morgan fingerprint density at radius 3 is 2.31 bits per heavy atom. The minimum Gasteiger partial charge on any atom is -0.389 e. The van der Waals surface area contributed by atoms with E-state index in [0.29, 0.717) is 13.0 Å². The SMILES string of the molecule is Cc1ccc(CC(C)(O)CN)cc1. The monoisotopic (exact) mass is 179 g/mol. The van der Waals surface area contributed by atoms with Crippen LogP contribution < -0.4 is 5.73 Å². The summed E-state index contributed by atoms with van der Waals surface area (Å²) in [4.78, 5) is 0. The van der Waals surface area contributed by atoms with Crippen molar-refractivity contribution in [3.05, 3.63) is 35.4 Å². The third-order valence-electron chi connectivity index (χ3n) is 2.15. The largest absolute Gasteiger partial charge is 0.389 e. The van der Waals surface area contributed by atoms with Gasteiger partial charge in [0, 0.05) is 13.0 Å². The van der Waals surface area contributed by atoms with E-state index in [0.717, 1.165) is 5.56 Å². The van der Waals surface area contributed by atoms with Crippen molar-refractivity contribution in [1.29, 1.82) is 0 Å². The molecule has 0 spiro atoms. The number of benzene rings is 1. The summed E-state index contributed by atoms with van der Waals surface area (Å²) in [5.41, 5.74) is 7.01. The topological polar surface area (TPSA) is 46.2 Å². The van der Waals surface area contributed by atoms with E-state index in [1.54, 1.807) is 6.92 Å². The van der Waals surface area contributed by atoms with Crippen LogP contribution in [-0.4, -0.2) is 17.3 Å². The second-order valence-electron chi connectivity index (χ2n) is 3.86. The van der Waals surface area contributed by atoms with Gasteiger partial charge >= 0.3 is 0 Å². The molecule has 2 nitrogen and oxygen atoms in total. The Labute approximate surface area is 79.4 Å². The highest BCUT2D eigenvalue weighted by Crippen LogP contribution is 2.12. The second kappa shape index (κ2) is 3.90. The molecule has 2 heteroatoms. The fourth-order valence-corrected chi connectivity index (χ4v) is 1.22. The van der Waals surface area contributed by atoms with Crippen LogP contribution in [0.5, 0.6) is 0 Å². The Morgan fingerprint density at radius 1 is 1.31 bits per heavy atom. The van der Waals surface area contributed by atoms with Crippen LogP contribution in [0.3, 0.4) is 0 Å². The molecule has 0 radical (unpaired) electrons. The van der Waals surface area contributed by atoms with Crippen molar-refractivity contribution >= 4 is 0 Å². The van der Waals surface area contributed by atoms with Gasteiger partial charge in [0.05, 0.1) is 5.60 Å². The van der Waals surface area contributed by atoms with Gasteiger partial charge in [0.2, 0.25) is 0 Å². The van der Waals surface area contributed by atoms with E-state index < -0.39 is 5.60 Å². The molecule has 13 heavy (non-hydrogen) atoms. The molecule has 1 unspecified atom stereocenters. The smallest absolute Gasteiger partial charge is 0.0781 e. The molecule has 0 aliphatic heterocycles. The number of nitrogens with two attached hydrogens (primary N) is 1. The quantitative estimate of drug-likeness (QED) is 0.733. The predicted octanol–water partition coefficient (Wildman–Crippen LogP) is 1.25. The van der Waals surface area contributed by atoms with Crippen molar-refractivity contribution in [3.63, 3.8) is 0 Å². The molecule has 0 aliphatic rings. The molecule has 0 aliphatic carbocycles. The third-order valence-corrected chi connectivity index (χ3v) is 2.15. The van der Waals surface area contributed by atoms with Crippen LogP contribution in [0.2, 0.25) is 0 Å². The van der Waals surface area contributed by atoms with Gasteiger partial charge in [-0.3, -0.25) is 0 Å². The molecule has 0 saturated carbocycles. The predicted molar refractivity (Wildman–Crippen MR) is 54.6 cm³/mol. The highest BCUT2D eigenvalue weighted by atomic mass is 16.3. The summed E-state index contributed by atoms with van der Waals surface area (Å²) in [6, 6.07) is 8.14. The van der Waals surface area contributed by atoms with Crippen LogP contribution in [0.15, 0.2) is 24.3 Å². The standard InChI is InChI=1S/C11H17NO/c1-9-3-5-10(6-4-9)7-11(2,13)8-12/h3-6,13H,7-8,12H2,1-2H3. The summed E-state index contributed by atoms with van der Waals surface area (Å²) in [5.74, 6) is 0. The maximum Gasteiger partial charge on any atom is 0.0781 e. The van der Waals surface area contributed by atoms with Crippen LogP contribution in [0, 0.1) is 6.92 Å². The van der Waals surface area contributed by atoms with Gasteiger partial charge in [-0.05, 0) is 19.4 Å². The Hall–Kier alpha value is -0.860. The Kier molecular flexibility index (Phi) is 3.07. The maximum atomic E-state index is 9.72. The van der Waals surface area contributed by atoms with Gasteiger partial charge in [0.15, 0.2) is 0 Å². The average molecular weight is 179 g/mol. The van der Waals surface area contributed by atoms with Crippen LogP contribution in [0.25, 0.3) is 0 Å². The zero-order chi connectivity index (χ0) is 9.90. The van der Waals surface area contributed by atoms with E-state index in [1.165, 1.54) is 5.56 Å². The Bertz CT molecular complexity index is 264. The van der Waals surface area contributed by atoms with Crippen LogP contribution in [0.4, 0.5) is 0 Å². The van der Waals surface area contributed by atoms with Crippen LogP contribution >= 0.6 is 0 Å². The van der Waals surface area contributed by atoms with Crippen molar-refractivity contribution in [2.75, 3.05) is 6.54 Å². The molecule has 3 N–H and O–H groups in total. The molecule has 0 aromatic heterocycles. The normalized spacial score (nSPS) is 15.4. The summed E-state index contributed by atoms with van der Waals surface area (Å²) in [5, 5.41) is 9.72. The maximum absolute atomic E-state index is 9.72. The van der Waals surface area contributed by atoms with E-state index in [-0.39, 0.29) is 0 Å². The summed E-state index contributed by atoms with van der Waals surface area (Å²) < 4.78 is 0. The van der Waals surface area contributed by atoms with Gasteiger partial charge in [-0.25, -0.2) is 0 Å². The van der Waals surface area contributed by atoms with E-state index in [9.17, 15) is 5.11 Å². The highest BCUT2D eigenvalue weighted by Gasteiger charge is 2.17. The Morgan fingerprint density at radius 2 is 1.85 bits per heavy atom. The fraction of sp³-hybridized carbons (Fsp3) is 0.455. The lowest BCUT2D eigenvalue weighted by molar-refractivity contribution is 0.0696.